The summed E-state index contributed by atoms with van der Waals surface area (Å²) in [5.74, 6) is 0.235. The van der Waals surface area contributed by atoms with Crippen molar-refractivity contribution in [1.82, 2.24) is 9.80 Å². The molecule has 3 aliphatic heterocycles. The SMILES string of the molecule is O=C(Cc1ccc(O)cc1)N1CC[C@@]23O[C@@H](c4ccccc4)CN2C(=O)C[C@@H]13. The number of ether oxygens (including phenoxy) is 1. The zero-order chi connectivity index (χ0) is 19.3. The molecule has 0 saturated carbocycles. The molecule has 144 valence electrons. The van der Waals surface area contributed by atoms with Crippen molar-refractivity contribution in [1.29, 1.82) is 0 Å². The lowest BCUT2D eigenvalue weighted by molar-refractivity contribution is -0.142. The Kier molecular flexibility index (Phi) is 3.91. The van der Waals surface area contributed by atoms with Crippen LogP contribution in [-0.4, -0.2) is 51.6 Å². The number of nitrogens with zero attached hydrogens (tertiary/aromatic N) is 2. The second kappa shape index (κ2) is 6.34. The first kappa shape index (κ1) is 17.3. The molecular weight excluding hydrogens is 356 g/mol. The zero-order valence-corrected chi connectivity index (χ0v) is 15.5. The molecule has 3 fully saturated rings. The molecule has 3 atom stereocenters. The van der Waals surface area contributed by atoms with Gasteiger partial charge in [0, 0.05) is 13.0 Å². The predicted octanol–water partition coefficient (Wildman–Crippen LogP) is 2.24. The van der Waals surface area contributed by atoms with Crippen LogP contribution in [0.4, 0.5) is 0 Å². The van der Waals surface area contributed by atoms with Gasteiger partial charge in [-0.05, 0) is 23.3 Å². The van der Waals surface area contributed by atoms with E-state index in [9.17, 15) is 14.7 Å². The number of carbonyl (C=O) groups excluding carboxylic acids is 2. The molecular formula is C22H22N2O4. The summed E-state index contributed by atoms with van der Waals surface area (Å²) in [5.41, 5.74) is 1.22. The minimum absolute atomic E-state index is 0.00558. The molecule has 3 aliphatic rings. The molecule has 6 nitrogen and oxygen atoms in total. The molecule has 3 heterocycles. The van der Waals surface area contributed by atoms with E-state index in [1.165, 1.54) is 0 Å². The largest absolute Gasteiger partial charge is 0.508 e. The third-order valence-corrected chi connectivity index (χ3v) is 6.21. The molecule has 1 spiro atoms. The Balaban J connectivity index is 1.37. The highest BCUT2D eigenvalue weighted by Crippen LogP contribution is 2.50. The van der Waals surface area contributed by atoms with Crippen molar-refractivity contribution >= 4 is 11.8 Å². The maximum absolute atomic E-state index is 13.0. The monoisotopic (exact) mass is 378 g/mol. The van der Waals surface area contributed by atoms with Gasteiger partial charge in [0.1, 0.15) is 11.9 Å². The minimum Gasteiger partial charge on any atom is -0.508 e. The van der Waals surface area contributed by atoms with E-state index in [0.29, 0.717) is 25.9 Å². The van der Waals surface area contributed by atoms with Crippen LogP contribution in [0.15, 0.2) is 54.6 Å². The van der Waals surface area contributed by atoms with Crippen LogP contribution >= 0.6 is 0 Å². The fourth-order valence-corrected chi connectivity index (χ4v) is 4.85. The predicted molar refractivity (Wildman–Crippen MR) is 101 cm³/mol. The number of hydrogen-bond acceptors (Lipinski definition) is 4. The number of hydrogen-bond donors (Lipinski definition) is 1. The second-order valence-corrected chi connectivity index (χ2v) is 7.77. The maximum atomic E-state index is 13.0. The van der Waals surface area contributed by atoms with Crippen molar-refractivity contribution in [3.8, 4) is 5.75 Å². The smallest absolute Gasteiger partial charge is 0.227 e. The van der Waals surface area contributed by atoms with E-state index in [0.717, 1.165) is 11.1 Å². The Labute approximate surface area is 163 Å². The third kappa shape index (κ3) is 2.59. The van der Waals surface area contributed by atoms with Gasteiger partial charge in [0.25, 0.3) is 0 Å². The minimum atomic E-state index is -0.692. The average Bonchev–Trinajstić information content (AvgIpc) is 3.33. The first-order valence-corrected chi connectivity index (χ1v) is 9.67. The molecule has 28 heavy (non-hydrogen) atoms. The van der Waals surface area contributed by atoms with Gasteiger partial charge in [0.2, 0.25) is 11.8 Å². The van der Waals surface area contributed by atoms with Gasteiger partial charge >= 0.3 is 0 Å². The van der Waals surface area contributed by atoms with Gasteiger partial charge in [-0.15, -0.1) is 0 Å². The molecule has 2 aromatic carbocycles. The topological polar surface area (TPSA) is 70.1 Å². The lowest BCUT2D eigenvalue weighted by atomic mass is 10.1. The van der Waals surface area contributed by atoms with Crippen molar-refractivity contribution in [2.24, 2.45) is 0 Å². The number of phenolic OH excluding ortho intramolecular Hbond substituents is 1. The van der Waals surface area contributed by atoms with E-state index in [-0.39, 0.29) is 36.1 Å². The number of benzene rings is 2. The molecule has 2 aromatic rings. The van der Waals surface area contributed by atoms with Crippen LogP contribution in [0, 0.1) is 0 Å². The van der Waals surface area contributed by atoms with Crippen LogP contribution in [0.5, 0.6) is 5.75 Å². The first-order valence-electron chi connectivity index (χ1n) is 9.67. The molecule has 0 bridgehead atoms. The summed E-state index contributed by atoms with van der Waals surface area (Å²) in [5, 5.41) is 9.42. The Bertz CT molecular complexity index is 914. The number of phenols is 1. The van der Waals surface area contributed by atoms with Crippen molar-refractivity contribution < 1.29 is 19.4 Å². The Morgan fingerprint density at radius 1 is 1.14 bits per heavy atom. The van der Waals surface area contributed by atoms with Crippen LogP contribution in [0.1, 0.15) is 30.1 Å². The zero-order valence-electron chi connectivity index (χ0n) is 15.5. The molecule has 0 aliphatic carbocycles. The van der Waals surface area contributed by atoms with Gasteiger partial charge in [-0.1, -0.05) is 42.5 Å². The Morgan fingerprint density at radius 3 is 2.64 bits per heavy atom. The highest BCUT2D eigenvalue weighted by molar-refractivity contribution is 5.85. The number of rotatable bonds is 3. The number of likely N-dealkylation sites (tertiary alicyclic amines) is 1. The maximum Gasteiger partial charge on any atom is 0.227 e. The summed E-state index contributed by atoms with van der Waals surface area (Å²) in [6.07, 6.45) is 1.07. The fourth-order valence-electron chi connectivity index (χ4n) is 4.85. The summed E-state index contributed by atoms with van der Waals surface area (Å²) in [6.45, 7) is 1.13. The molecule has 3 saturated heterocycles. The molecule has 0 aromatic heterocycles. The quantitative estimate of drug-likeness (QED) is 0.889. The van der Waals surface area contributed by atoms with E-state index in [1.54, 1.807) is 24.3 Å². The Hall–Kier alpha value is -2.86. The molecule has 1 N–H and O–H groups in total. The van der Waals surface area contributed by atoms with Crippen LogP contribution in [0.2, 0.25) is 0 Å². The second-order valence-electron chi connectivity index (χ2n) is 7.77. The summed E-state index contributed by atoms with van der Waals surface area (Å²) < 4.78 is 6.48. The van der Waals surface area contributed by atoms with Crippen LogP contribution < -0.4 is 0 Å². The van der Waals surface area contributed by atoms with Crippen molar-refractivity contribution in [2.45, 2.75) is 37.1 Å². The van der Waals surface area contributed by atoms with E-state index in [1.807, 2.05) is 40.1 Å². The van der Waals surface area contributed by atoms with E-state index in [4.69, 9.17) is 4.74 Å². The lowest BCUT2D eigenvalue weighted by Gasteiger charge is -2.32. The van der Waals surface area contributed by atoms with Crippen LogP contribution in [0.25, 0.3) is 0 Å². The average molecular weight is 378 g/mol. The number of aromatic hydroxyl groups is 1. The summed E-state index contributed by atoms with van der Waals surface area (Å²) in [6, 6.07) is 16.4. The number of carbonyl (C=O) groups is 2. The summed E-state index contributed by atoms with van der Waals surface area (Å²) >= 11 is 0. The lowest BCUT2D eigenvalue weighted by Crippen LogP contribution is -2.49. The normalized spacial score (nSPS) is 28.5. The standard InChI is InChI=1S/C22H22N2O4/c25-17-8-6-15(7-9-17)12-20(26)23-11-10-22-19(23)13-21(27)24(22)14-18(28-22)16-4-2-1-3-5-16/h1-9,18-19,25H,10-14H2/t18-,19-,22+/m1/s1. The van der Waals surface area contributed by atoms with Crippen LogP contribution in [-0.2, 0) is 20.7 Å². The van der Waals surface area contributed by atoms with Crippen molar-refractivity contribution in [3.05, 3.63) is 65.7 Å². The molecule has 6 heteroatoms. The highest BCUT2D eigenvalue weighted by atomic mass is 16.5. The molecule has 0 unspecified atom stereocenters. The molecule has 0 radical (unpaired) electrons. The Morgan fingerprint density at radius 2 is 1.89 bits per heavy atom. The van der Waals surface area contributed by atoms with E-state index >= 15 is 0 Å². The highest BCUT2D eigenvalue weighted by Gasteiger charge is 2.64. The third-order valence-electron chi connectivity index (χ3n) is 6.21. The number of amides is 2. The van der Waals surface area contributed by atoms with Gasteiger partial charge in [-0.2, -0.15) is 0 Å². The van der Waals surface area contributed by atoms with Crippen molar-refractivity contribution in [3.63, 3.8) is 0 Å². The fraction of sp³-hybridized carbons (Fsp3) is 0.364. The van der Waals surface area contributed by atoms with Gasteiger partial charge in [-0.25, -0.2) is 0 Å². The van der Waals surface area contributed by atoms with E-state index < -0.39 is 5.72 Å². The summed E-state index contributed by atoms with van der Waals surface area (Å²) in [4.78, 5) is 29.3. The van der Waals surface area contributed by atoms with Gasteiger partial charge in [-0.3, -0.25) is 9.59 Å². The first-order chi connectivity index (χ1) is 13.6. The van der Waals surface area contributed by atoms with Gasteiger partial charge < -0.3 is 19.6 Å². The summed E-state index contributed by atoms with van der Waals surface area (Å²) in [7, 11) is 0. The van der Waals surface area contributed by atoms with Crippen molar-refractivity contribution in [2.75, 3.05) is 13.1 Å². The van der Waals surface area contributed by atoms with Gasteiger partial charge in [0.15, 0.2) is 5.72 Å². The van der Waals surface area contributed by atoms with Gasteiger partial charge in [0.05, 0.1) is 25.4 Å². The molecule has 2 amide bonds. The van der Waals surface area contributed by atoms with Crippen LogP contribution in [0.3, 0.4) is 0 Å². The van der Waals surface area contributed by atoms with E-state index in [2.05, 4.69) is 0 Å². The molecule has 5 rings (SSSR count).